The lowest BCUT2D eigenvalue weighted by Gasteiger charge is -2.50. The fourth-order valence-electron chi connectivity index (χ4n) is 4.88. The smallest absolute Gasteiger partial charge is 0.317 e. The summed E-state index contributed by atoms with van der Waals surface area (Å²) in [5.74, 6) is 0.879. The number of piperidine rings is 3. The second-order valence-corrected chi connectivity index (χ2v) is 8.32. The molecule has 4 heterocycles. The number of benzene rings is 1. The number of piperazine rings is 1. The van der Waals surface area contributed by atoms with E-state index < -0.39 is 0 Å². The average molecular weight is 357 g/mol. The van der Waals surface area contributed by atoms with Crippen molar-refractivity contribution in [3.8, 4) is 0 Å². The highest BCUT2D eigenvalue weighted by atomic mass is 16.2. The molecule has 0 saturated carbocycles. The summed E-state index contributed by atoms with van der Waals surface area (Å²) in [5, 5.41) is 3.12. The number of carbonyl (C=O) groups is 1. The van der Waals surface area contributed by atoms with Gasteiger partial charge in [0.2, 0.25) is 0 Å². The molecule has 2 amide bonds. The van der Waals surface area contributed by atoms with E-state index in [0.717, 1.165) is 38.1 Å². The minimum atomic E-state index is 0.0828. The van der Waals surface area contributed by atoms with Crippen molar-refractivity contribution in [1.82, 2.24) is 20.0 Å². The Bertz CT molecular complexity index is 645. The first-order valence-electron chi connectivity index (χ1n) is 10.2. The topological polar surface area (TPSA) is 38.8 Å². The molecule has 26 heavy (non-hydrogen) atoms. The van der Waals surface area contributed by atoms with E-state index in [-0.39, 0.29) is 6.03 Å². The zero-order chi connectivity index (χ0) is 18.1. The van der Waals surface area contributed by atoms with Gasteiger partial charge < -0.3 is 15.1 Å². The molecule has 4 aliphatic heterocycles. The number of amides is 2. The third-order valence-corrected chi connectivity index (χ3v) is 6.63. The standard InChI is InChI=1S/C21H32N4O/c1-16-3-4-17(2)19(13-16)14-22-21(26)25-11-9-24(10-12-25)20-15-23-7-5-18(20)6-8-23/h3-4,13,18,20H,5-12,14-15H2,1-2H3,(H,22,26)/t20-/m1/s1. The first-order valence-corrected chi connectivity index (χ1v) is 10.2. The zero-order valence-corrected chi connectivity index (χ0v) is 16.2. The molecule has 5 nitrogen and oxygen atoms in total. The fraction of sp³-hybridized carbons (Fsp3) is 0.667. The van der Waals surface area contributed by atoms with E-state index in [4.69, 9.17) is 0 Å². The molecule has 1 atom stereocenters. The quantitative estimate of drug-likeness (QED) is 0.903. The van der Waals surface area contributed by atoms with Gasteiger partial charge in [-0.3, -0.25) is 4.90 Å². The van der Waals surface area contributed by atoms with Gasteiger partial charge in [-0.2, -0.15) is 0 Å². The van der Waals surface area contributed by atoms with E-state index in [0.29, 0.717) is 6.54 Å². The summed E-state index contributed by atoms with van der Waals surface area (Å²) in [6, 6.07) is 7.22. The normalized spacial score (nSPS) is 29.0. The number of carbonyl (C=O) groups excluding carboxylic acids is 1. The zero-order valence-electron chi connectivity index (χ0n) is 16.2. The monoisotopic (exact) mass is 356 g/mol. The number of hydrogen-bond donors (Lipinski definition) is 1. The molecule has 142 valence electrons. The van der Waals surface area contributed by atoms with Crippen molar-refractivity contribution in [3.05, 3.63) is 34.9 Å². The van der Waals surface area contributed by atoms with Gasteiger partial charge in [-0.1, -0.05) is 23.8 Å². The number of hydrogen-bond acceptors (Lipinski definition) is 3. The Morgan fingerprint density at radius 2 is 1.81 bits per heavy atom. The number of urea groups is 1. The Morgan fingerprint density at radius 1 is 1.08 bits per heavy atom. The molecule has 0 radical (unpaired) electrons. The van der Waals surface area contributed by atoms with Crippen LogP contribution in [0.1, 0.15) is 29.5 Å². The molecule has 0 spiro atoms. The molecule has 4 aliphatic rings. The molecular formula is C21H32N4O. The lowest BCUT2D eigenvalue weighted by atomic mass is 9.83. The lowest BCUT2D eigenvalue weighted by Crippen LogP contribution is -2.62. The highest BCUT2D eigenvalue weighted by Gasteiger charge is 2.38. The molecule has 0 unspecified atom stereocenters. The van der Waals surface area contributed by atoms with Crippen LogP contribution < -0.4 is 5.32 Å². The summed E-state index contributed by atoms with van der Waals surface area (Å²) in [6.45, 7) is 12.4. The molecule has 1 aromatic carbocycles. The van der Waals surface area contributed by atoms with Crippen molar-refractivity contribution in [2.24, 2.45) is 5.92 Å². The van der Waals surface area contributed by atoms with Gasteiger partial charge in [0.25, 0.3) is 0 Å². The van der Waals surface area contributed by atoms with Gasteiger partial charge in [-0.25, -0.2) is 4.79 Å². The van der Waals surface area contributed by atoms with Gasteiger partial charge in [0.15, 0.2) is 0 Å². The van der Waals surface area contributed by atoms with Crippen LogP contribution in [0.15, 0.2) is 18.2 Å². The predicted octanol–water partition coefficient (Wildman–Crippen LogP) is 2.22. The van der Waals surface area contributed by atoms with Gasteiger partial charge in [0.05, 0.1) is 0 Å². The first-order chi connectivity index (χ1) is 12.6. The maximum Gasteiger partial charge on any atom is 0.317 e. The molecule has 4 saturated heterocycles. The summed E-state index contributed by atoms with van der Waals surface area (Å²) < 4.78 is 0. The lowest BCUT2D eigenvalue weighted by molar-refractivity contribution is -0.0103. The molecule has 0 aromatic heterocycles. The summed E-state index contributed by atoms with van der Waals surface area (Å²) in [6.07, 6.45) is 2.72. The Labute approximate surface area is 157 Å². The number of rotatable bonds is 3. The number of nitrogens with zero attached hydrogens (tertiary/aromatic N) is 3. The Kier molecular flexibility index (Phi) is 5.18. The van der Waals surface area contributed by atoms with Crippen LogP contribution in [0.25, 0.3) is 0 Å². The minimum Gasteiger partial charge on any atom is -0.334 e. The van der Waals surface area contributed by atoms with Gasteiger partial charge in [0, 0.05) is 45.3 Å². The van der Waals surface area contributed by atoms with Crippen LogP contribution in [-0.2, 0) is 6.54 Å². The van der Waals surface area contributed by atoms with Gasteiger partial charge in [0.1, 0.15) is 0 Å². The van der Waals surface area contributed by atoms with E-state index in [2.05, 4.69) is 47.2 Å². The second kappa shape index (κ2) is 7.57. The Morgan fingerprint density at radius 3 is 2.46 bits per heavy atom. The molecule has 1 N–H and O–H groups in total. The third kappa shape index (κ3) is 3.74. The largest absolute Gasteiger partial charge is 0.334 e. The van der Waals surface area contributed by atoms with E-state index in [1.807, 2.05) is 4.90 Å². The van der Waals surface area contributed by atoms with E-state index >= 15 is 0 Å². The Balaban J connectivity index is 1.26. The van der Waals surface area contributed by atoms with Crippen molar-refractivity contribution >= 4 is 6.03 Å². The molecule has 5 rings (SSSR count). The van der Waals surface area contributed by atoms with Crippen LogP contribution in [0.5, 0.6) is 0 Å². The minimum absolute atomic E-state index is 0.0828. The van der Waals surface area contributed by atoms with E-state index in [1.54, 1.807) is 0 Å². The summed E-state index contributed by atoms with van der Waals surface area (Å²) in [4.78, 5) is 19.8. The van der Waals surface area contributed by atoms with Crippen molar-refractivity contribution < 1.29 is 4.79 Å². The van der Waals surface area contributed by atoms with Crippen LogP contribution in [-0.4, -0.2) is 72.6 Å². The van der Waals surface area contributed by atoms with Gasteiger partial charge in [-0.15, -0.1) is 0 Å². The first kappa shape index (κ1) is 17.8. The summed E-state index contributed by atoms with van der Waals surface area (Å²) in [7, 11) is 0. The van der Waals surface area contributed by atoms with E-state index in [1.165, 1.54) is 49.2 Å². The maximum atomic E-state index is 12.6. The number of fused-ring (bicyclic) bond motifs is 3. The Hall–Kier alpha value is -1.59. The highest BCUT2D eigenvalue weighted by molar-refractivity contribution is 5.74. The highest BCUT2D eigenvalue weighted by Crippen LogP contribution is 2.31. The molecule has 2 bridgehead atoms. The van der Waals surface area contributed by atoms with E-state index in [9.17, 15) is 4.79 Å². The summed E-state index contributed by atoms with van der Waals surface area (Å²) in [5.41, 5.74) is 3.69. The SMILES string of the molecule is Cc1ccc(C)c(CNC(=O)N2CCN([C@@H]3CN4CCC3CC4)CC2)c1. The molecule has 4 fully saturated rings. The number of aryl methyl sites for hydroxylation is 2. The maximum absolute atomic E-state index is 12.6. The van der Waals surface area contributed by atoms with Crippen molar-refractivity contribution in [1.29, 1.82) is 0 Å². The second-order valence-electron chi connectivity index (χ2n) is 8.32. The molecule has 1 aromatic rings. The van der Waals surface area contributed by atoms with Crippen LogP contribution in [0, 0.1) is 19.8 Å². The summed E-state index contributed by atoms with van der Waals surface area (Å²) >= 11 is 0. The van der Waals surface area contributed by atoms with Crippen LogP contribution in [0.2, 0.25) is 0 Å². The van der Waals surface area contributed by atoms with Crippen LogP contribution >= 0.6 is 0 Å². The molecular weight excluding hydrogens is 324 g/mol. The average Bonchev–Trinajstić information content (AvgIpc) is 2.69. The van der Waals surface area contributed by atoms with Gasteiger partial charge in [-0.05, 0) is 56.8 Å². The van der Waals surface area contributed by atoms with Crippen molar-refractivity contribution in [2.45, 2.75) is 39.3 Å². The number of nitrogens with one attached hydrogen (secondary N) is 1. The van der Waals surface area contributed by atoms with Crippen molar-refractivity contribution in [2.75, 3.05) is 45.8 Å². The van der Waals surface area contributed by atoms with Crippen LogP contribution in [0.3, 0.4) is 0 Å². The molecule has 0 aliphatic carbocycles. The van der Waals surface area contributed by atoms with Gasteiger partial charge >= 0.3 is 6.03 Å². The van der Waals surface area contributed by atoms with Crippen LogP contribution in [0.4, 0.5) is 4.79 Å². The van der Waals surface area contributed by atoms with Crippen molar-refractivity contribution in [3.63, 3.8) is 0 Å². The fourth-order valence-corrected chi connectivity index (χ4v) is 4.88. The molecule has 5 heteroatoms. The third-order valence-electron chi connectivity index (χ3n) is 6.63. The predicted molar refractivity (Wildman–Crippen MR) is 104 cm³/mol.